The van der Waals surface area contributed by atoms with Gasteiger partial charge in [0.15, 0.2) is 0 Å². The molecule has 5 rings (SSSR count). The molecule has 3 aromatic heterocycles. The topological polar surface area (TPSA) is 107 Å². The fraction of sp³-hybridized carbons (Fsp3) is 0.267. The molecule has 8 nitrogen and oxygen atoms in total. The second-order valence-electron chi connectivity index (χ2n) is 9.13. The van der Waals surface area contributed by atoms with Gasteiger partial charge in [0.25, 0.3) is 0 Å². The Bertz CT molecular complexity index is 1540. The van der Waals surface area contributed by atoms with Crippen molar-refractivity contribution < 1.29 is 36.1 Å². The predicted octanol–water partition coefficient (Wildman–Crippen LogP) is 5.66. The van der Waals surface area contributed by atoms with E-state index in [0.29, 0.717) is 82.0 Å². The first-order chi connectivity index (χ1) is 18.4. The summed E-state index contributed by atoms with van der Waals surface area (Å²) < 4.78 is 11.0. The summed E-state index contributed by atoms with van der Waals surface area (Å²) in [5.74, 6) is -0.935. The van der Waals surface area contributed by atoms with Gasteiger partial charge < -0.3 is 19.4 Å². The second-order valence-corrected chi connectivity index (χ2v) is 9.13. The SMILES string of the molecule is CCCOC(=O)c1c2nc(c(C)c3ccc([n-]3)c(C(=O)OCCC)c3nc(c(C)c4ccc1[n-]4)C=C3)C=C2.[Mn+2]. The van der Waals surface area contributed by atoms with Crippen LogP contribution in [0.5, 0.6) is 0 Å². The normalized spacial score (nSPS) is 11.8. The average molecular weight is 564 g/mol. The molecule has 8 bridgehead atoms. The Kier molecular flexibility index (Phi) is 8.53. The van der Waals surface area contributed by atoms with E-state index >= 15 is 0 Å². The molecular weight excluding hydrogens is 535 g/mol. The Balaban J connectivity index is 0.00000353. The molecule has 0 aliphatic carbocycles. The molecule has 0 aromatic carbocycles. The van der Waals surface area contributed by atoms with Gasteiger partial charge in [0.05, 0.1) is 47.1 Å². The maximum Gasteiger partial charge on any atom is 2.00 e. The number of ether oxygens (including phenoxy) is 2. The van der Waals surface area contributed by atoms with Crippen molar-refractivity contribution in [1.29, 1.82) is 0 Å². The van der Waals surface area contributed by atoms with Gasteiger partial charge >= 0.3 is 29.0 Å². The molecule has 199 valence electrons. The smallest absolute Gasteiger partial charge is 0.657 e. The number of carbonyl (C=O) groups excluding carboxylic acids is 2. The minimum atomic E-state index is -0.468. The molecule has 0 spiro atoms. The van der Waals surface area contributed by atoms with Gasteiger partial charge in [-0.15, -0.1) is 22.1 Å². The number of rotatable bonds is 6. The number of aryl methyl sites for hydroxylation is 2. The maximum atomic E-state index is 13.1. The minimum absolute atomic E-state index is 0. The van der Waals surface area contributed by atoms with E-state index < -0.39 is 11.9 Å². The molecule has 2 aliphatic rings. The molecule has 0 unspecified atom stereocenters. The Labute approximate surface area is 237 Å². The van der Waals surface area contributed by atoms with E-state index in [0.717, 1.165) is 11.1 Å². The van der Waals surface area contributed by atoms with Gasteiger partial charge in [-0.05, 0) is 62.1 Å². The van der Waals surface area contributed by atoms with E-state index in [2.05, 4.69) is 0 Å². The van der Waals surface area contributed by atoms with Crippen molar-refractivity contribution in [2.75, 3.05) is 13.2 Å². The molecule has 0 atom stereocenters. The molecule has 0 amide bonds. The van der Waals surface area contributed by atoms with Crippen molar-refractivity contribution in [1.82, 2.24) is 19.9 Å². The minimum Gasteiger partial charge on any atom is -0.657 e. The van der Waals surface area contributed by atoms with Crippen molar-refractivity contribution in [2.45, 2.75) is 40.5 Å². The van der Waals surface area contributed by atoms with Crippen LogP contribution in [0, 0.1) is 13.8 Å². The van der Waals surface area contributed by atoms with E-state index in [9.17, 15) is 9.59 Å². The Morgan fingerprint density at radius 2 is 1.00 bits per heavy atom. The van der Waals surface area contributed by atoms with Gasteiger partial charge in [0.2, 0.25) is 0 Å². The number of esters is 2. The molecule has 39 heavy (non-hydrogen) atoms. The van der Waals surface area contributed by atoms with Crippen molar-refractivity contribution in [3.63, 3.8) is 0 Å². The Morgan fingerprint density at radius 1 is 0.641 bits per heavy atom. The third-order valence-corrected chi connectivity index (χ3v) is 6.40. The number of hydrogen-bond acceptors (Lipinski definition) is 6. The van der Waals surface area contributed by atoms with Gasteiger partial charge in [-0.2, -0.15) is 0 Å². The number of fused-ring (bicyclic) bond motifs is 8. The van der Waals surface area contributed by atoms with Crippen LogP contribution in [0.4, 0.5) is 0 Å². The van der Waals surface area contributed by atoms with Crippen LogP contribution in [0.3, 0.4) is 0 Å². The zero-order valence-electron chi connectivity index (χ0n) is 22.2. The van der Waals surface area contributed by atoms with Crippen LogP contribution < -0.4 is 9.97 Å². The zero-order chi connectivity index (χ0) is 26.8. The van der Waals surface area contributed by atoms with Crippen molar-refractivity contribution in [3.05, 3.63) is 69.3 Å². The fourth-order valence-corrected chi connectivity index (χ4v) is 4.32. The summed E-state index contributed by atoms with van der Waals surface area (Å²) in [6, 6.07) is 7.27. The van der Waals surface area contributed by atoms with Crippen LogP contribution in [0.2, 0.25) is 0 Å². The summed E-state index contributed by atoms with van der Waals surface area (Å²) in [5, 5.41) is 0. The van der Waals surface area contributed by atoms with Crippen LogP contribution >= 0.6 is 0 Å². The molecule has 0 saturated heterocycles. The van der Waals surface area contributed by atoms with Crippen molar-refractivity contribution in [2.24, 2.45) is 0 Å². The summed E-state index contributed by atoms with van der Waals surface area (Å²) in [6.07, 6.45) is 8.68. The van der Waals surface area contributed by atoms with Crippen LogP contribution in [0.15, 0.2) is 24.3 Å². The number of aromatic nitrogens is 4. The molecule has 0 fully saturated rings. The summed E-state index contributed by atoms with van der Waals surface area (Å²) >= 11 is 0. The van der Waals surface area contributed by atoms with E-state index in [1.165, 1.54) is 0 Å². The first-order valence-electron chi connectivity index (χ1n) is 12.7. The van der Waals surface area contributed by atoms with Gasteiger partial charge in [0, 0.05) is 0 Å². The third-order valence-electron chi connectivity index (χ3n) is 6.40. The Hall–Kier alpha value is -3.94. The standard InChI is InChI=1S/C30H29N4O4.Mn/c1-5-15-37-29(35)27-23-11-7-19(31-23)17(3)21-9-13-25(33-21)28(30(36)38-16-6-2)26-14-10-22(34-26)18(4)20-8-12-24(27)32-20;/h7-14H,5-6,15-16H2,1-4H3,(H-,31,32,33,34,35,36);/q-1;+2/p-1. The quantitative estimate of drug-likeness (QED) is 0.192. The first kappa shape index (κ1) is 28.1. The number of hydrogen-bond donors (Lipinski definition) is 0. The zero-order valence-corrected chi connectivity index (χ0v) is 23.4. The van der Waals surface area contributed by atoms with E-state index in [1.807, 2.05) is 52.0 Å². The summed E-state index contributed by atoms with van der Waals surface area (Å²) in [4.78, 5) is 45.2. The molecular formula is C30H28MnN4O4. The van der Waals surface area contributed by atoms with Crippen LogP contribution in [-0.4, -0.2) is 35.1 Å². The monoisotopic (exact) mass is 563 g/mol. The van der Waals surface area contributed by atoms with E-state index in [1.54, 1.807) is 24.3 Å². The molecule has 1 radical (unpaired) electrons. The van der Waals surface area contributed by atoms with Gasteiger partial charge in [-0.3, -0.25) is 0 Å². The molecule has 2 aliphatic heterocycles. The molecule has 0 saturated carbocycles. The summed E-state index contributed by atoms with van der Waals surface area (Å²) in [6.45, 7) is 8.31. The molecule has 9 heteroatoms. The predicted molar refractivity (Wildman–Crippen MR) is 147 cm³/mol. The largest absolute Gasteiger partial charge is 2.00 e. The van der Waals surface area contributed by atoms with Gasteiger partial charge in [0.1, 0.15) is 0 Å². The van der Waals surface area contributed by atoms with Crippen LogP contribution in [0.1, 0.15) is 81.3 Å². The average Bonchev–Trinajstić information content (AvgIpc) is 3.72. The van der Waals surface area contributed by atoms with Crippen LogP contribution in [-0.2, 0) is 26.5 Å². The fourth-order valence-electron chi connectivity index (χ4n) is 4.32. The first-order valence-corrected chi connectivity index (χ1v) is 12.7. The van der Waals surface area contributed by atoms with Crippen LogP contribution in [0.25, 0.3) is 46.4 Å². The maximum absolute atomic E-state index is 13.1. The third kappa shape index (κ3) is 5.46. The molecule has 3 aromatic rings. The Morgan fingerprint density at radius 3 is 1.38 bits per heavy atom. The van der Waals surface area contributed by atoms with Gasteiger partial charge in [-0.25, -0.2) is 19.6 Å². The number of nitrogens with zero attached hydrogens (tertiary/aromatic N) is 4. The summed E-state index contributed by atoms with van der Waals surface area (Å²) in [5.41, 5.74) is 6.78. The second kappa shape index (κ2) is 11.8. The van der Waals surface area contributed by atoms with E-state index in [4.69, 9.17) is 29.4 Å². The molecule has 5 heterocycles. The van der Waals surface area contributed by atoms with E-state index in [-0.39, 0.29) is 17.1 Å². The van der Waals surface area contributed by atoms with Crippen molar-refractivity contribution in [3.8, 4) is 0 Å². The summed E-state index contributed by atoms with van der Waals surface area (Å²) in [7, 11) is 0. The van der Waals surface area contributed by atoms with Gasteiger partial charge in [-0.1, -0.05) is 38.1 Å². The van der Waals surface area contributed by atoms with Crippen molar-refractivity contribution >= 4 is 58.3 Å². The number of carbonyl (C=O) groups is 2. The molecule has 0 N–H and O–H groups in total.